The first-order chi connectivity index (χ1) is 9.49. The SMILES string of the molecule is CC(CNC(=O)N1C[C@H](O)C[C@H]1C(=O)O)N1CCCC1. The smallest absolute Gasteiger partial charge is 0.326 e. The number of urea groups is 1. The fourth-order valence-electron chi connectivity index (χ4n) is 2.92. The van der Waals surface area contributed by atoms with Crippen LogP contribution in [0.1, 0.15) is 26.2 Å². The summed E-state index contributed by atoms with van der Waals surface area (Å²) in [5.41, 5.74) is 0. The van der Waals surface area contributed by atoms with Crippen molar-refractivity contribution < 1.29 is 19.8 Å². The average molecular weight is 285 g/mol. The van der Waals surface area contributed by atoms with Crippen molar-refractivity contribution in [1.29, 1.82) is 0 Å². The molecule has 0 bridgehead atoms. The number of hydrogen-bond acceptors (Lipinski definition) is 4. The Balaban J connectivity index is 1.83. The maximum absolute atomic E-state index is 12.0. The fourth-order valence-corrected chi connectivity index (χ4v) is 2.92. The van der Waals surface area contributed by atoms with Crippen molar-refractivity contribution in [2.45, 2.75) is 44.4 Å². The normalized spacial score (nSPS) is 28.6. The van der Waals surface area contributed by atoms with Crippen molar-refractivity contribution in [1.82, 2.24) is 15.1 Å². The van der Waals surface area contributed by atoms with Gasteiger partial charge in [-0.15, -0.1) is 0 Å². The van der Waals surface area contributed by atoms with Crippen molar-refractivity contribution in [2.75, 3.05) is 26.2 Å². The lowest BCUT2D eigenvalue weighted by Gasteiger charge is -2.26. The van der Waals surface area contributed by atoms with Crippen LogP contribution in [0.15, 0.2) is 0 Å². The summed E-state index contributed by atoms with van der Waals surface area (Å²) in [5, 5.41) is 21.4. The molecule has 7 nitrogen and oxygen atoms in total. The second kappa shape index (κ2) is 6.41. The first kappa shape index (κ1) is 15.1. The van der Waals surface area contributed by atoms with Crippen molar-refractivity contribution in [3.05, 3.63) is 0 Å². The Kier molecular flexibility index (Phi) is 4.82. The van der Waals surface area contributed by atoms with E-state index in [0.29, 0.717) is 6.54 Å². The van der Waals surface area contributed by atoms with Crippen LogP contribution in [0.5, 0.6) is 0 Å². The number of rotatable bonds is 4. The zero-order valence-corrected chi connectivity index (χ0v) is 11.8. The van der Waals surface area contributed by atoms with Crippen LogP contribution in [-0.4, -0.2) is 76.4 Å². The molecule has 0 radical (unpaired) electrons. The summed E-state index contributed by atoms with van der Waals surface area (Å²) in [4.78, 5) is 26.6. The van der Waals surface area contributed by atoms with Crippen molar-refractivity contribution in [2.24, 2.45) is 0 Å². The molecule has 3 atom stereocenters. The van der Waals surface area contributed by atoms with Gasteiger partial charge in [-0.2, -0.15) is 0 Å². The van der Waals surface area contributed by atoms with Gasteiger partial charge in [0.05, 0.1) is 6.10 Å². The molecule has 0 spiro atoms. The summed E-state index contributed by atoms with van der Waals surface area (Å²) < 4.78 is 0. The zero-order chi connectivity index (χ0) is 14.7. The Morgan fingerprint density at radius 1 is 1.35 bits per heavy atom. The number of carboxylic acid groups (broad SMARTS) is 1. The summed E-state index contributed by atoms with van der Waals surface area (Å²) in [6.07, 6.45) is 1.73. The van der Waals surface area contributed by atoms with Gasteiger partial charge in [0, 0.05) is 25.6 Å². The predicted octanol–water partition coefficient (Wildman–Crippen LogP) is -0.300. The minimum Gasteiger partial charge on any atom is -0.480 e. The number of amides is 2. The van der Waals surface area contributed by atoms with Crippen LogP contribution in [0.3, 0.4) is 0 Å². The lowest BCUT2D eigenvalue weighted by Crippen LogP contribution is -2.49. The lowest BCUT2D eigenvalue weighted by molar-refractivity contribution is -0.141. The van der Waals surface area contributed by atoms with E-state index in [2.05, 4.69) is 17.1 Å². The number of aliphatic carboxylic acids is 1. The summed E-state index contributed by atoms with van der Waals surface area (Å²) >= 11 is 0. The van der Waals surface area contributed by atoms with Gasteiger partial charge >= 0.3 is 12.0 Å². The minimum atomic E-state index is -1.07. The van der Waals surface area contributed by atoms with Gasteiger partial charge in [0.2, 0.25) is 0 Å². The third-order valence-corrected chi connectivity index (χ3v) is 4.14. The van der Waals surface area contributed by atoms with E-state index in [9.17, 15) is 14.7 Å². The number of aliphatic hydroxyl groups is 1. The van der Waals surface area contributed by atoms with Gasteiger partial charge in [-0.3, -0.25) is 4.90 Å². The molecule has 2 fully saturated rings. The molecule has 2 saturated heterocycles. The third-order valence-electron chi connectivity index (χ3n) is 4.14. The molecule has 2 aliphatic heterocycles. The number of carboxylic acids is 1. The molecule has 0 aliphatic carbocycles. The van der Waals surface area contributed by atoms with E-state index in [4.69, 9.17) is 5.11 Å². The Hall–Kier alpha value is -1.34. The average Bonchev–Trinajstić information content (AvgIpc) is 3.04. The number of hydrogen-bond donors (Lipinski definition) is 3. The van der Waals surface area contributed by atoms with Gasteiger partial charge in [0.15, 0.2) is 0 Å². The number of likely N-dealkylation sites (tertiary alicyclic amines) is 2. The van der Waals surface area contributed by atoms with Crippen molar-refractivity contribution in [3.8, 4) is 0 Å². The minimum absolute atomic E-state index is 0.0842. The molecule has 2 rings (SSSR count). The van der Waals surface area contributed by atoms with E-state index >= 15 is 0 Å². The standard InChI is InChI=1S/C13H23N3O4/c1-9(15-4-2-3-5-15)7-14-13(20)16-8-10(17)6-11(16)12(18)19/h9-11,17H,2-8H2,1H3,(H,14,20)(H,18,19)/t9?,10-,11+/m1/s1. The van der Waals surface area contributed by atoms with E-state index in [0.717, 1.165) is 13.1 Å². The molecule has 7 heteroatoms. The Bertz CT molecular complexity index is 371. The van der Waals surface area contributed by atoms with E-state index in [1.54, 1.807) is 0 Å². The first-order valence-corrected chi connectivity index (χ1v) is 7.18. The molecule has 20 heavy (non-hydrogen) atoms. The second-order valence-corrected chi connectivity index (χ2v) is 5.67. The van der Waals surface area contributed by atoms with E-state index < -0.39 is 24.1 Å². The van der Waals surface area contributed by atoms with Crippen LogP contribution in [0.4, 0.5) is 4.79 Å². The highest BCUT2D eigenvalue weighted by Crippen LogP contribution is 2.18. The number of nitrogens with one attached hydrogen (secondary N) is 1. The summed E-state index contributed by atoms with van der Waals surface area (Å²) in [5.74, 6) is -1.07. The van der Waals surface area contributed by atoms with Gasteiger partial charge in [-0.1, -0.05) is 0 Å². The number of aliphatic hydroxyl groups excluding tert-OH is 1. The van der Waals surface area contributed by atoms with E-state index in [1.807, 2.05) is 0 Å². The third kappa shape index (κ3) is 3.40. The van der Waals surface area contributed by atoms with Crippen molar-refractivity contribution in [3.63, 3.8) is 0 Å². The van der Waals surface area contributed by atoms with Crippen LogP contribution in [-0.2, 0) is 4.79 Å². The Morgan fingerprint density at radius 2 is 2.00 bits per heavy atom. The fraction of sp³-hybridized carbons (Fsp3) is 0.846. The molecular formula is C13H23N3O4. The zero-order valence-electron chi connectivity index (χ0n) is 11.8. The molecule has 0 saturated carbocycles. The van der Waals surface area contributed by atoms with Gasteiger partial charge in [-0.05, 0) is 32.9 Å². The highest BCUT2D eigenvalue weighted by atomic mass is 16.4. The summed E-state index contributed by atoms with van der Waals surface area (Å²) in [6, 6.07) is -1.08. The van der Waals surface area contributed by atoms with Crippen molar-refractivity contribution >= 4 is 12.0 Å². The Morgan fingerprint density at radius 3 is 2.60 bits per heavy atom. The molecule has 3 N–H and O–H groups in total. The lowest BCUT2D eigenvalue weighted by atomic mass is 10.2. The Labute approximate surface area is 118 Å². The maximum Gasteiger partial charge on any atom is 0.326 e. The summed E-state index contributed by atoms with van der Waals surface area (Å²) in [6.45, 7) is 4.74. The van der Waals surface area contributed by atoms with Gasteiger partial charge in [0.1, 0.15) is 6.04 Å². The van der Waals surface area contributed by atoms with Crippen LogP contribution in [0, 0.1) is 0 Å². The molecule has 114 valence electrons. The van der Waals surface area contributed by atoms with Crippen LogP contribution in [0.2, 0.25) is 0 Å². The van der Waals surface area contributed by atoms with Gasteiger partial charge in [0.25, 0.3) is 0 Å². The van der Waals surface area contributed by atoms with Crippen LogP contribution < -0.4 is 5.32 Å². The number of nitrogens with zero attached hydrogens (tertiary/aromatic N) is 2. The highest BCUT2D eigenvalue weighted by Gasteiger charge is 2.39. The second-order valence-electron chi connectivity index (χ2n) is 5.67. The molecule has 2 amide bonds. The largest absolute Gasteiger partial charge is 0.480 e. The topological polar surface area (TPSA) is 93.1 Å². The van der Waals surface area contributed by atoms with Gasteiger partial charge < -0.3 is 20.4 Å². The van der Waals surface area contributed by atoms with Crippen LogP contribution in [0.25, 0.3) is 0 Å². The summed E-state index contributed by atoms with van der Waals surface area (Å²) in [7, 11) is 0. The molecule has 0 aromatic carbocycles. The van der Waals surface area contributed by atoms with Crippen LogP contribution >= 0.6 is 0 Å². The van der Waals surface area contributed by atoms with E-state index in [1.165, 1.54) is 17.7 Å². The first-order valence-electron chi connectivity index (χ1n) is 7.18. The predicted molar refractivity (Wildman–Crippen MR) is 72.4 cm³/mol. The quantitative estimate of drug-likeness (QED) is 0.659. The highest BCUT2D eigenvalue weighted by molar-refractivity contribution is 5.83. The molecule has 0 aromatic heterocycles. The number of carbonyl (C=O) groups excluding carboxylic acids is 1. The number of β-amino-alcohol motifs (C(OH)–C–C–N with tert-alkyl or cyclic N) is 1. The monoisotopic (exact) mass is 285 g/mol. The number of carbonyl (C=O) groups is 2. The van der Waals surface area contributed by atoms with Gasteiger partial charge in [-0.25, -0.2) is 9.59 Å². The molecule has 2 heterocycles. The molecular weight excluding hydrogens is 262 g/mol. The molecule has 2 aliphatic rings. The molecule has 0 aromatic rings. The maximum atomic E-state index is 12.0. The van der Waals surface area contributed by atoms with E-state index in [-0.39, 0.29) is 19.0 Å². The molecule has 1 unspecified atom stereocenters.